The van der Waals surface area contributed by atoms with Crippen molar-refractivity contribution in [1.29, 1.82) is 0 Å². The second-order valence-corrected chi connectivity index (χ2v) is 6.73. The Morgan fingerprint density at radius 3 is 2.33 bits per heavy atom. The zero-order valence-electron chi connectivity index (χ0n) is 14.7. The number of hydrogen-bond donors (Lipinski definition) is 1. The van der Waals surface area contributed by atoms with Crippen LogP contribution in [0.5, 0.6) is 0 Å². The second kappa shape index (κ2) is 9.22. The van der Waals surface area contributed by atoms with Crippen LogP contribution in [-0.4, -0.2) is 37.6 Å². The molecule has 0 heterocycles. The molecule has 0 fully saturated rings. The van der Waals surface area contributed by atoms with E-state index < -0.39 is 0 Å². The van der Waals surface area contributed by atoms with Gasteiger partial charge in [0.1, 0.15) is 0 Å². The molecule has 1 aromatic rings. The van der Waals surface area contributed by atoms with Gasteiger partial charge in [0.05, 0.1) is 0 Å². The SMILES string of the molecule is CCCCCN(CC(C)(CNC)c1ccccc1)C(C)C. The second-order valence-electron chi connectivity index (χ2n) is 6.73. The molecule has 0 aliphatic carbocycles. The summed E-state index contributed by atoms with van der Waals surface area (Å²) in [7, 11) is 2.05. The highest BCUT2D eigenvalue weighted by atomic mass is 15.2. The molecule has 21 heavy (non-hydrogen) atoms. The molecular formula is C19H34N2. The highest BCUT2D eigenvalue weighted by molar-refractivity contribution is 5.25. The van der Waals surface area contributed by atoms with Crippen molar-refractivity contribution in [3.63, 3.8) is 0 Å². The van der Waals surface area contributed by atoms with Gasteiger partial charge < -0.3 is 10.2 Å². The van der Waals surface area contributed by atoms with Crippen LogP contribution in [0, 0.1) is 0 Å². The van der Waals surface area contributed by atoms with Crippen LogP contribution >= 0.6 is 0 Å². The molecule has 0 amide bonds. The van der Waals surface area contributed by atoms with Crippen molar-refractivity contribution < 1.29 is 0 Å². The lowest BCUT2D eigenvalue weighted by molar-refractivity contribution is 0.170. The quantitative estimate of drug-likeness (QED) is 0.654. The Hall–Kier alpha value is -0.860. The van der Waals surface area contributed by atoms with Crippen molar-refractivity contribution >= 4 is 0 Å². The fourth-order valence-electron chi connectivity index (χ4n) is 3.01. The van der Waals surface area contributed by atoms with Crippen LogP contribution in [0.4, 0.5) is 0 Å². The number of likely N-dealkylation sites (N-methyl/N-ethyl adjacent to an activating group) is 1. The minimum atomic E-state index is 0.159. The van der Waals surface area contributed by atoms with Crippen molar-refractivity contribution in [2.45, 2.75) is 58.4 Å². The van der Waals surface area contributed by atoms with E-state index in [4.69, 9.17) is 0 Å². The van der Waals surface area contributed by atoms with Gasteiger partial charge in [0.15, 0.2) is 0 Å². The van der Waals surface area contributed by atoms with E-state index in [1.165, 1.54) is 31.4 Å². The zero-order chi connectivity index (χ0) is 15.7. The third-order valence-corrected chi connectivity index (χ3v) is 4.37. The normalized spacial score (nSPS) is 14.6. The smallest absolute Gasteiger partial charge is 0.0177 e. The van der Waals surface area contributed by atoms with Crippen molar-refractivity contribution in [2.24, 2.45) is 0 Å². The maximum atomic E-state index is 3.39. The Morgan fingerprint density at radius 1 is 1.14 bits per heavy atom. The summed E-state index contributed by atoms with van der Waals surface area (Å²) >= 11 is 0. The van der Waals surface area contributed by atoms with E-state index in [9.17, 15) is 0 Å². The van der Waals surface area contributed by atoms with E-state index >= 15 is 0 Å². The van der Waals surface area contributed by atoms with Gasteiger partial charge in [-0.05, 0) is 39.4 Å². The highest BCUT2D eigenvalue weighted by Crippen LogP contribution is 2.25. The van der Waals surface area contributed by atoms with Gasteiger partial charge in [-0.1, -0.05) is 57.0 Å². The summed E-state index contributed by atoms with van der Waals surface area (Å²) in [5, 5.41) is 3.39. The van der Waals surface area contributed by atoms with Crippen molar-refractivity contribution in [1.82, 2.24) is 10.2 Å². The largest absolute Gasteiger partial charge is 0.319 e. The molecule has 1 rings (SSSR count). The molecule has 2 nitrogen and oxygen atoms in total. The summed E-state index contributed by atoms with van der Waals surface area (Å²) in [6, 6.07) is 11.5. The highest BCUT2D eigenvalue weighted by Gasteiger charge is 2.29. The Balaban J connectivity index is 2.83. The van der Waals surface area contributed by atoms with E-state index in [-0.39, 0.29) is 5.41 Å². The molecule has 1 aromatic carbocycles. The standard InChI is InChI=1S/C19H34N2/c1-6-7-11-14-21(17(2)3)16-19(4,15-20-5)18-12-9-8-10-13-18/h8-10,12-13,17,20H,6-7,11,14-16H2,1-5H3. The molecule has 0 saturated heterocycles. The topological polar surface area (TPSA) is 15.3 Å². The molecule has 1 N–H and O–H groups in total. The van der Waals surface area contributed by atoms with E-state index in [1.807, 2.05) is 0 Å². The summed E-state index contributed by atoms with van der Waals surface area (Å²) in [6.45, 7) is 12.6. The molecule has 120 valence electrons. The first-order chi connectivity index (χ1) is 10.0. The molecule has 0 saturated carbocycles. The molecular weight excluding hydrogens is 256 g/mol. The van der Waals surface area contributed by atoms with Crippen LogP contribution in [0.1, 0.15) is 52.5 Å². The van der Waals surface area contributed by atoms with Crippen molar-refractivity contribution in [2.75, 3.05) is 26.7 Å². The maximum Gasteiger partial charge on any atom is 0.0177 e. The number of benzene rings is 1. The first-order valence-electron chi connectivity index (χ1n) is 8.47. The van der Waals surface area contributed by atoms with Gasteiger partial charge in [-0.15, -0.1) is 0 Å². The molecule has 2 heteroatoms. The van der Waals surface area contributed by atoms with Gasteiger partial charge in [-0.3, -0.25) is 0 Å². The zero-order valence-corrected chi connectivity index (χ0v) is 14.7. The van der Waals surface area contributed by atoms with E-state index in [0.29, 0.717) is 6.04 Å². The molecule has 0 bridgehead atoms. The van der Waals surface area contributed by atoms with Crippen LogP contribution < -0.4 is 5.32 Å². The van der Waals surface area contributed by atoms with Gasteiger partial charge >= 0.3 is 0 Å². The van der Waals surface area contributed by atoms with Crippen LogP contribution in [0.25, 0.3) is 0 Å². The fourth-order valence-corrected chi connectivity index (χ4v) is 3.01. The number of nitrogens with one attached hydrogen (secondary N) is 1. The molecule has 0 spiro atoms. The average Bonchev–Trinajstić information content (AvgIpc) is 2.47. The average molecular weight is 290 g/mol. The number of hydrogen-bond acceptors (Lipinski definition) is 2. The minimum absolute atomic E-state index is 0.159. The number of rotatable bonds is 10. The van der Waals surface area contributed by atoms with Crippen LogP contribution in [0.2, 0.25) is 0 Å². The Kier molecular flexibility index (Phi) is 7.98. The van der Waals surface area contributed by atoms with Crippen LogP contribution in [0.3, 0.4) is 0 Å². The minimum Gasteiger partial charge on any atom is -0.319 e. The number of unbranched alkanes of at least 4 members (excludes halogenated alkanes) is 2. The van der Waals surface area contributed by atoms with Crippen molar-refractivity contribution in [3.05, 3.63) is 35.9 Å². The summed E-state index contributed by atoms with van der Waals surface area (Å²) in [6.07, 6.45) is 3.93. The first-order valence-corrected chi connectivity index (χ1v) is 8.47. The van der Waals surface area contributed by atoms with E-state index in [1.54, 1.807) is 0 Å². The molecule has 0 radical (unpaired) electrons. The van der Waals surface area contributed by atoms with Crippen LogP contribution in [0.15, 0.2) is 30.3 Å². The first kappa shape index (κ1) is 18.2. The summed E-state index contributed by atoms with van der Waals surface area (Å²) < 4.78 is 0. The summed E-state index contributed by atoms with van der Waals surface area (Å²) in [4.78, 5) is 2.64. The lowest BCUT2D eigenvalue weighted by atomic mass is 9.81. The molecule has 0 aliphatic heterocycles. The number of nitrogens with zero attached hydrogens (tertiary/aromatic N) is 1. The molecule has 0 aliphatic rings. The van der Waals surface area contributed by atoms with Gasteiger partial charge in [-0.25, -0.2) is 0 Å². The van der Waals surface area contributed by atoms with Crippen molar-refractivity contribution in [3.8, 4) is 0 Å². The molecule has 1 atom stereocenters. The third kappa shape index (κ3) is 5.80. The van der Waals surface area contributed by atoms with Gasteiger partial charge in [0.25, 0.3) is 0 Å². The van der Waals surface area contributed by atoms with E-state index in [2.05, 4.69) is 75.3 Å². The maximum absolute atomic E-state index is 3.39. The Morgan fingerprint density at radius 2 is 1.81 bits per heavy atom. The third-order valence-electron chi connectivity index (χ3n) is 4.37. The monoisotopic (exact) mass is 290 g/mol. The van der Waals surface area contributed by atoms with Gasteiger partial charge in [-0.2, -0.15) is 0 Å². The predicted molar refractivity (Wildman–Crippen MR) is 94.0 cm³/mol. The Labute approximate surface area is 131 Å². The molecule has 0 aromatic heterocycles. The summed E-state index contributed by atoms with van der Waals surface area (Å²) in [5.74, 6) is 0. The van der Waals surface area contributed by atoms with E-state index in [0.717, 1.165) is 13.1 Å². The summed E-state index contributed by atoms with van der Waals surface area (Å²) in [5.41, 5.74) is 1.59. The van der Waals surface area contributed by atoms with Crippen LogP contribution in [-0.2, 0) is 5.41 Å². The lowest BCUT2D eigenvalue weighted by Gasteiger charge is -2.38. The lowest BCUT2D eigenvalue weighted by Crippen LogP contribution is -2.47. The fraction of sp³-hybridized carbons (Fsp3) is 0.684. The van der Waals surface area contributed by atoms with Gasteiger partial charge in [0, 0.05) is 24.5 Å². The molecule has 1 unspecified atom stereocenters. The predicted octanol–water partition coefficient (Wildman–Crippen LogP) is 4.06. The Bertz CT molecular complexity index is 374. The van der Waals surface area contributed by atoms with Gasteiger partial charge in [0.2, 0.25) is 0 Å².